The van der Waals surface area contributed by atoms with Crippen molar-refractivity contribution in [2.24, 2.45) is 0 Å². The maximum atomic E-state index is 13.2. The van der Waals surface area contributed by atoms with Crippen molar-refractivity contribution in [1.29, 1.82) is 0 Å². The molecule has 1 heterocycles. The average Bonchev–Trinajstić information content (AvgIpc) is 3.30. The molecule has 0 spiro atoms. The highest BCUT2D eigenvalue weighted by molar-refractivity contribution is 7.89. The van der Waals surface area contributed by atoms with Crippen LogP contribution in [0.4, 0.5) is 5.95 Å². The molecule has 0 bridgehead atoms. The molecule has 7 nitrogen and oxygen atoms in total. The molecule has 0 saturated heterocycles. The van der Waals surface area contributed by atoms with Crippen LogP contribution in [0, 0.1) is 13.8 Å². The largest absolute Gasteiger partial charge is 0.294 e. The van der Waals surface area contributed by atoms with Gasteiger partial charge in [0.05, 0.1) is 17.1 Å². The van der Waals surface area contributed by atoms with Crippen molar-refractivity contribution >= 4 is 33.5 Å². The van der Waals surface area contributed by atoms with E-state index >= 15 is 0 Å². The normalized spacial score (nSPS) is 11.5. The quantitative estimate of drug-likeness (QED) is 0.282. The zero-order valence-corrected chi connectivity index (χ0v) is 22.1. The first kappa shape index (κ1) is 26.3. The zero-order chi connectivity index (χ0) is 26.6. The predicted octanol–water partition coefficient (Wildman–Crippen LogP) is 5.62. The summed E-state index contributed by atoms with van der Waals surface area (Å²) in [4.78, 5) is 17.9. The minimum Gasteiger partial charge on any atom is -0.294 e. The van der Waals surface area contributed by atoms with Crippen LogP contribution in [0.5, 0.6) is 0 Å². The second-order valence-corrected chi connectivity index (χ2v) is 10.9. The first-order chi connectivity index (χ1) is 17.7. The summed E-state index contributed by atoms with van der Waals surface area (Å²) < 4.78 is 29.3. The van der Waals surface area contributed by atoms with E-state index < -0.39 is 22.5 Å². The monoisotopic (exact) mass is 534 g/mol. The van der Waals surface area contributed by atoms with Gasteiger partial charge in [-0.25, -0.2) is 13.4 Å². The van der Waals surface area contributed by atoms with E-state index in [4.69, 9.17) is 11.6 Å². The third-order valence-electron chi connectivity index (χ3n) is 5.90. The zero-order valence-electron chi connectivity index (χ0n) is 20.6. The van der Waals surface area contributed by atoms with Crippen LogP contribution < -0.4 is 5.32 Å². The molecule has 1 amide bonds. The molecular weight excluding hydrogens is 508 g/mol. The van der Waals surface area contributed by atoms with Crippen LogP contribution in [0.2, 0.25) is 5.02 Å². The first-order valence-electron chi connectivity index (χ1n) is 11.6. The fourth-order valence-corrected chi connectivity index (χ4v) is 5.25. The molecule has 0 aliphatic rings. The Bertz CT molecular complexity index is 1530. The van der Waals surface area contributed by atoms with E-state index in [1.54, 1.807) is 4.57 Å². The van der Waals surface area contributed by atoms with Crippen molar-refractivity contribution in [1.82, 2.24) is 13.9 Å². The Balaban J connectivity index is 1.65. The first-order valence-corrected chi connectivity index (χ1v) is 13.4. The van der Waals surface area contributed by atoms with Gasteiger partial charge in [-0.05, 0) is 61.4 Å². The summed E-state index contributed by atoms with van der Waals surface area (Å²) in [6.07, 6.45) is 3.28. The number of nitrogens with zero attached hydrogens (tertiary/aromatic N) is 3. The number of amides is 1. The fraction of sp³-hybridized carbons (Fsp3) is 0.143. The summed E-state index contributed by atoms with van der Waals surface area (Å²) in [6.45, 7) is 7.23. The highest BCUT2D eigenvalue weighted by atomic mass is 35.5. The molecule has 9 heteroatoms. The van der Waals surface area contributed by atoms with Gasteiger partial charge >= 0.3 is 0 Å². The van der Waals surface area contributed by atoms with Crippen LogP contribution in [0.15, 0.2) is 96.5 Å². The summed E-state index contributed by atoms with van der Waals surface area (Å²) in [5.41, 5.74) is 4.62. The highest BCUT2D eigenvalue weighted by Crippen LogP contribution is 2.26. The van der Waals surface area contributed by atoms with Gasteiger partial charge in [0, 0.05) is 29.0 Å². The second kappa shape index (κ2) is 11.1. The number of nitrogens with one attached hydrogen (secondary N) is 1. The Labute approximate surface area is 222 Å². The third-order valence-corrected chi connectivity index (χ3v) is 7.98. The number of sulfonamides is 1. The summed E-state index contributed by atoms with van der Waals surface area (Å²) in [5, 5.41) is 3.22. The lowest BCUT2D eigenvalue weighted by Crippen LogP contribution is -2.38. The summed E-state index contributed by atoms with van der Waals surface area (Å²) in [5.74, 6) is -0.246. The molecule has 0 aliphatic carbocycles. The van der Waals surface area contributed by atoms with Gasteiger partial charge in [-0.3, -0.25) is 14.7 Å². The Morgan fingerprint density at radius 1 is 1.05 bits per heavy atom. The van der Waals surface area contributed by atoms with Gasteiger partial charge in [0.25, 0.3) is 0 Å². The van der Waals surface area contributed by atoms with E-state index in [9.17, 15) is 13.2 Å². The number of carbonyl (C=O) groups excluding carboxylic acids is 1. The number of rotatable bonds is 9. The SMILES string of the molecule is C=CCN(CC(=O)Nc1nc(-c2ccccc2)cn1-c1ccc(C)c(C)c1)S(=O)(=O)c1ccc(Cl)cc1. The number of hydrogen-bond acceptors (Lipinski definition) is 4. The van der Waals surface area contributed by atoms with Gasteiger partial charge in [-0.1, -0.05) is 54.1 Å². The number of aryl methyl sites for hydroxylation is 2. The van der Waals surface area contributed by atoms with E-state index in [1.165, 1.54) is 30.3 Å². The minimum absolute atomic E-state index is 0.0366. The van der Waals surface area contributed by atoms with E-state index in [2.05, 4.69) is 16.9 Å². The predicted molar refractivity (Wildman–Crippen MR) is 148 cm³/mol. The van der Waals surface area contributed by atoms with Crippen LogP contribution in [0.25, 0.3) is 16.9 Å². The van der Waals surface area contributed by atoms with Crippen LogP contribution in [0.3, 0.4) is 0 Å². The Morgan fingerprint density at radius 3 is 2.41 bits per heavy atom. The average molecular weight is 535 g/mol. The maximum Gasteiger partial charge on any atom is 0.243 e. The van der Waals surface area contributed by atoms with Crippen molar-refractivity contribution < 1.29 is 13.2 Å². The summed E-state index contributed by atoms with van der Waals surface area (Å²) in [7, 11) is -3.96. The Morgan fingerprint density at radius 2 is 1.76 bits per heavy atom. The molecule has 0 radical (unpaired) electrons. The molecule has 0 atom stereocenters. The van der Waals surface area contributed by atoms with E-state index in [0.29, 0.717) is 10.7 Å². The molecule has 0 aliphatic heterocycles. The molecule has 0 saturated carbocycles. The molecule has 3 aromatic carbocycles. The number of benzene rings is 3. The van der Waals surface area contributed by atoms with Crippen molar-refractivity contribution in [3.8, 4) is 16.9 Å². The maximum absolute atomic E-state index is 13.2. The fourth-order valence-electron chi connectivity index (χ4n) is 3.76. The molecule has 190 valence electrons. The summed E-state index contributed by atoms with van der Waals surface area (Å²) in [6, 6.07) is 21.4. The lowest BCUT2D eigenvalue weighted by atomic mass is 10.1. The minimum atomic E-state index is -3.96. The number of anilines is 1. The number of carbonyl (C=O) groups is 1. The Kier molecular flexibility index (Phi) is 7.92. The molecule has 0 unspecified atom stereocenters. The van der Waals surface area contributed by atoms with Crippen LogP contribution in [-0.4, -0.2) is 41.3 Å². The van der Waals surface area contributed by atoms with Crippen molar-refractivity contribution in [3.63, 3.8) is 0 Å². The standard InChI is InChI=1S/C28H27ClN4O3S/c1-4-16-32(37(35,36)25-14-11-23(29)12-15-25)19-27(34)31-28-30-26(22-8-6-5-7-9-22)18-33(28)24-13-10-20(2)21(3)17-24/h4-15,17-18H,1,16,19H2,2-3H3,(H,30,31,34). The van der Waals surface area contributed by atoms with Gasteiger partial charge in [0.1, 0.15) is 0 Å². The molecule has 1 N–H and O–H groups in total. The smallest absolute Gasteiger partial charge is 0.243 e. The van der Waals surface area contributed by atoms with Gasteiger partial charge in [-0.15, -0.1) is 6.58 Å². The van der Waals surface area contributed by atoms with E-state index in [-0.39, 0.29) is 17.4 Å². The third kappa shape index (κ3) is 5.99. The molecular formula is C28H27ClN4O3S. The van der Waals surface area contributed by atoms with Gasteiger partial charge in [0.2, 0.25) is 21.9 Å². The Hall–Kier alpha value is -3.72. The molecule has 4 rings (SSSR count). The lowest BCUT2D eigenvalue weighted by Gasteiger charge is -2.20. The van der Waals surface area contributed by atoms with Crippen LogP contribution >= 0.6 is 11.6 Å². The van der Waals surface area contributed by atoms with E-state index in [0.717, 1.165) is 26.7 Å². The number of aromatic nitrogens is 2. The summed E-state index contributed by atoms with van der Waals surface area (Å²) >= 11 is 5.91. The molecule has 0 fully saturated rings. The van der Waals surface area contributed by atoms with Gasteiger partial charge < -0.3 is 0 Å². The van der Waals surface area contributed by atoms with Crippen LogP contribution in [-0.2, 0) is 14.8 Å². The molecule has 4 aromatic rings. The van der Waals surface area contributed by atoms with E-state index in [1.807, 2.05) is 68.6 Å². The topological polar surface area (TPSA) is 84.3 Å². The van der Waals surface area contributed by atoms with Crippen molar-refractivity contribution in [2.45, 2.75) is 18.7 Å². The molecule has 1 aromatic heterocycles. The van der Waals surface area contributed by atoms with Gasteiger partial charge in [-0.2, -0.15) is 4.31 Å². The number of imidazole rings is 1. The number of hydrogen-bond donors (Lipinski definition) is 1. The van der Waals surface area contributed by atoms with Crippen molar-refractivity contribution in [3.05, 3.63) is 108 Å². The van der Waals surface area contributed by atoms with Crippen molar-refractivity contribution in [2.75, 3.05) is 18.4 Å². The highest BCUT2D eigenvalue weighted by Gasteiger charge is 2.26. The van der Waals surface area contributed by atoms with Crippen LogP contribution in [0.1, 0.15) is 11.1 Å². The second-order valence-electron chi connectivity index (χ2n) is 8.54. The van der Waals surface area contributed by atoms with Gasteiger partial charge in [0.15, 0.2) is 0 Å². The lowest BCUT2D eigenvalue weighted by molar-refractivity contribution is -0.116. The molecule has 37 heavy (non-hydrogen) atoms. The number of halogens is 1.